The highest BCUT2D eigenvalue weighted by molar-refractivity contribution is 7.90. The Bertz CT molecular complexity index is 896. The largest absolute Gasteiger partial charge is 0.286 e. The summed E-state index contributed by atoms with van der Waals surface area (Å²) in [5, 5.41) is 0.751. The van der Waals surface area contributed by atoms with Crippen LogP contribution in [0.25, 0.3) is 0 Å². The van der Waals surface area contributed by atoms with Crippen LogP contribution in [0.15, 0.2) is 46.5 Å². The molecule has 7 nitrogen and oxygen atoms in total. The van der Waals surface area contributed by atoms with Gasteiger partial charge in [-0.05, 0) is 18.2 Å². The van der Waals surface area contributed by atoms with Crippen molar-refractivity contribution in [3.63, 3.8) is 0 Å². The number of carbonyl (C=O) groups excluding carboxylic acids is 1. The van der Waals surface area contributed by atoms with Crippen LogP contribution in [-0.2, 0) is 21.2 Å². The number of carbonyl (C=O) groups is 1. The van der Waals surface area contributed by atoms with E-state index in [9.17, 15) is 13.2 Å². The summed E-state index contributed by atoms with van der Waals surface area (Å²) in [7, 11) is -3.33. The number of pyridine rings is 1. The average molecular weight is 401 g/mol. The molecule has 0 aliphatic heterocycles. The number of amides is 1. The van der Waals surface area contributed by atoms with Gasteiger partial charge in [-0.1, -0.05) is 29.3 Å². The summed E-state index contributed by atoms with van der Waals surface area (Å²) < 4.78 is 23.0. The Morgan fingerprint density at radius 1 is 1.28 bits per heavy atom. The van der Waals surface area contributed by atoms with Crippen molar-refractivity contribution >= 4 is 50.8 Å². The summed E-state index contributed by atoms with van der Waals surface area (Å²) in [5.41, 5.74) is 6.02. The Morgan fingerprint density at radius 3 is 2.60 bits per heavy atom. The van der Waals surface area contributed by atoms with Crippen LogP contribution in [0.2, 0.25) is 10.0 Å². The fourth-order valence-corrected chi connectivity index (χ4v) is 2.95. The number of halogens is 2. The van der Waals surface area contributed by atoms with Crippen molar-refractivity contribution in [2.45, 2.75) is 11.4 Å². The molecule has 132 valence electrons. The third kappa shape index (κ3) is 5.79. The molecular formula is C15H14Cl2N4O3S. The summed E-state index contributed by atoms with van der Waals surface area (Å²) >= 11 is 11.9. The monoisotopic (exact) mass is 400 g/mol. The van der Waals surface area contributed by atoms with Crippen molar-refractivity contribution in [1.82, 2.24) is 15.8 Å². The van der Waals surface area contributed by atoms with Gasteiger partial charge < -0.3 is 0 Å². The number of hydrogen-bond acceptors (Lipinski definition) is 6. The molecule has 1 heterocycles. The molecule has 25 heavy (non-hydrogen) atoms. The number of sulfone groups is 1. The lowest BCUT2D eigenvalue weighted by atomic mass is 10.3. The van der Waals surface area contributed by atoms with E-state index >= 15 is 0 Å². The van der Waals surface area contributed by atoms with Gasteiger partial charge >= 0.3 is 0 Å². The molecule has 1 aromatic carbocycles. The van der Waals surface area contributed by atoms with Crippen LogP contribution >= 0.6 is 23.2 Å². The molecule has 1 aromatic heterocycles. The number of aromatic nitrogens is 1. The number of benzene rings is 1. The van der Waals surface area contributed by atoms with Crippen LogP contribution in [-0.4, -0.2) is 31.8 Å². The maximum absolute atomic E-state index is 11.7. The highest BCUT2D eigenvalue weighted by Crippen LogP contribution is 2.22. The van der Waals surface area contributed by atoms with Gasteiger partial charge in [-0.2, -0.15) is 0 Å². The van der Waals surface area contributed by atoms with Crippen molar-refractivity contribution in [3.8, 4) is 0 Å². The maximum atomic E-state index is 11.7. The number of aliphatic imine (C=N–C) groups is 1. The Morgan fingerprint density at radius 2 is 1.96 bits per heavy atom. The predicted molar refractivity (Wildman–Crippen MR) is 96.9 cm³/mol. The first-order chi connectivity index (χ1) is 11.8. The second kappa shape index (κ2) is 8.39. The van der Waals surface area contributed by atoms with Gasteiger partial charge in [0.1, 0.15) is 0 Å². The smallest absolute Gasteiger partial charge is 0.276 e. The van der Waals surface area contributed by atoms with E-state index < -0.39 is 15.7 Å². The fourth-order valence-electron chi connectivity index (χ4n) is 1.79. The molecule has 0 spiro atoms. The van der Waals surface area contributed by atoms with Crippen LogP contribution in [0.4, 0.5) is 5.69 Å². The Labute approximate surface area is 155 Å². The van der Waals surface area contributed by atoms with E-state index in [0.29, 0.717) is 21.3 Å². The van der Waals surface area contributed by atoms with E-state index in [1.165, 1.54) is 24.5 Å². The third-order valence-corrected chi connectivity index (χ3v) is 4.77. The van der Waals surface area contributed by atoms with E-state index in [-0.39, 0.29) is 11.4 Å². The van der Waals surface area contributed by atoms with Gasteiger partial charge in [0, 0.05) is 30.8 Å². The zero-order chi connectivity index (χ0) is 18.4. The van der Waals surface area contributed by atoms with Crippen molar-refractivity contribution in [2.75, 3.05) is 6.26 Å². The van der Waals surface area contributed by atoms with Crippen molar-refractivity contribution < 1.29 is 13.2 Å². The number of nitrogens with one attached hydrogen (secondary N) is 2. The highest BCUT2D eigenvalue weighted by atomic mass is 35.5. The van der Waals surface area contributed by atoms with Gasteiger partial charge in [-0.25, -0.2) is 13.8 Å². The molecule has 0 aliphatic carbocycles. The van der Waals surface area contributed by atoms with E-state index in [1.807, 2.05) is 0 Å². The van der Waals surface area contributed by atoms with Crippen molar-refractivity contribution in [3.05, 3.63) is 52.3 Å². The third-order valence-electron chi connectivity index (χ3n) is 3.01. The van der Waals surface area contributed by atoms with Crippen LogP contribution in [0.3, 0.4) is 0 Å². The molecular weight excluding hydrogens is 387 g/mol. The number of rotatable bonds is 6. The summed E-state index contributed by atoms with van der Waals surface area (Å²) in [6.07, 6.45) is 5.02. The van der Waals surface area contributed by atoms with E-state index in [4.69, 9.17) is 23.2 Å². The molecule has 0 unspecified atom stereocenters. The lowest BCUT2D eigenvalue weighted by Crippen LogP contribution is -2.37. The zero-order valence-electron chi connectivity index (χ0n) is 13.0. The van der Waals surface area contributed by atoms with Crippen molar-refractivity contribution in [2.24, 2.45) is 4.99 Å². The summed E-state index contributed by atoms with van der Waals surface area (Å²) in [6.45, 7) is 0.198. The standard InChI is InChI=1S/C15H14Cl2N4O3S/c1-25(23,24)11-4-2-3-10(5-11)19-9-15(22)21-20-6-12-13(16)7-18-8-14(12)17/h2-5,7-9,20H,6H2,1H3,(H,21,22). The van der Waals surface area contributed by atoms with Crippen LogP contribution in [0, 0.1) is 0 Å². The summed E-state index contributed by atoms with van der Waals surface area (Å²) in [4.78, 5) is 19.6. The molecule has 2 aromatic rings. The van der Waals surface area contributed by atoms with E-state index in [0.717, 1.165) is 12.5 Å². The number of hydrazine groups is 1. The second-order valence-corrected chi connectivity index (χ2v) is 7.78. The topological polar surface area (TPSA) is 101 Å². The number of hydrogen-bond donors (Lipinski definition) is 2. The second-order valence-electron chi connectivity index (χ2n) is 4.95. The lowest BCUT2D eigenvalue weighted by Gasteiger charge is -2.08. The number of nitrogens with zero attached hydrogens (tertiary/aromatic N) is 2. The van der Waals surface area contributed by atoms with Gasteiger partial charge in [0.25, 0.3) is 5.91 Å². The van der Waals surface area contributed by atoms with Crippen LogP contribution in [0.1, 0.15) is 5.56 Å². The highest BCUT2D eigenvalue weighted by Gasteiger charge is 2.08. The minimum atomic E-state index is -3.33. The first-order valence-corrected chi connectivity index (χ1v) is 9.57. The first-order valence-electron chi connectivity index (χ1n) is 6.92. The molecule has 1 amide bonds. The maximum Gasteiger partial charge on any atom is 0.276 e. The predicted octanol–water partition coefficient (Wildman–Crippen LogP) is 2.32. The van der Waals surface area contributed by atoms with E-state index in [2.05, 4.69) is 20.8 Å². The molecule has 0 radical (unpaired) electrons. The molecule has 2 N–H and O–H groups in total. The minimum Gasteiger partial charge on any atom is -0.286 e. The molecule has 0 fully saturated rings. The molecule has 10 heteroatoms. The molecule has 2 rings (SSSR count). The molecule has 0 saturated carbocycles. The van der Waals surface area contributed by atoms with Gasteiger partial charge in [-0.3, -0.25) is 20.2 Å². The fraction of sp³-hybridized carbons (Fsp3) is 0.133. The van der Waals surface area contributed by atoms with Gasteiger partial charge in [0.15, 0.2) is 9.84 Å². The first kappa shape index (κ1) is 19.3. The quantitative estimate of drug-likeness (QED) is 0.572. The summed E-state index contributed by atoms with van der Waals surface area (Å²) in [6, 6.07) is 5.97. The van der Waals surface area contributed by atoms with Gasteiger partial charge in [0.05, 0.1) is 26.8 Å². The minimum absolute atomic E-state index is 0.127. The van der Waals surface area contributed by atoms with Crippen molar-refractivity contribution in [1.29, 1.82) is 0 Å². The Balaban J connectivity index is 1.93. The lowest BCUT2D eigenvalue weighted by molar-refractivity contribution is -0.115. The molecule has 0 saturated heterocycles. The Hall–Kier alpha value is -2.00. The van der Waals surface area contributed by atoms with Crippen LogP contribution in [0.5, 0.6) is 0 Å². The average Bonchev–Trinajstić information content (AvgIpc) is 2.55. The SMILES string of the molecule is CS(=O)(=O)c1cccc(N=CC(=O)NNCc2c(Cl)cncc2Cl)c1. The molecule has 0 atom stereocenters. The Kier molecular flexibility index (Phi) is 6.49. The zero-order valence-corrected chi connectivity index (χ0v) is 15.4. The molecule has 0 aliphatic rings. The van der Waals surface area contributed by atoms with Gasteiger partial charge in [-0.15, -0.1) is 0 Å². The molecule has 0 bridgehead atoms. The van der Waals surface area contributed by atoms with Gasteiger partial charge in [0.2, 0.25) is 0 Å². The normalized spacial score (nSPS) is 11.6. The van der Waals surface area contributed by atoms with Crippen LogP contribution < -0.4 is 10.9 Å². The summed E-state index contributed by atoms with van der Waals surface area (Å²) in [5.74, 6) is -0.522. The van der Waals surface area contributed by atoms with E-state index in [1.54, 1.807) is 12.1 Å².